The molecule has 4 unspecified atom stereocenters. The van der Waals surface area contributed by atoms with Crippen molar-refractivity contribution >= 4 is 23.0 Å². The molecule has 2 bridgehead atoms. The normalized spacial score (nSPS) is 36.2. The highest BCUT2D eigenvalue weighted by atomic mass is 79.9. The fraction of sp³-hybridized carbons (Fsp3) is 0.588. The lowest BCUT2D eigenvalue weighted by Gasteiger charge is -2.38. The van der Waals surface area contributed by atoms with Crippen molar-refractivity contribution in [2.75, 3.05) is 13.7 Å². The van der Waals surface area contributed by atoms with Crippen molar-refractivity contribution in [3.63, 3.8) is 0 Å². The predicted octanol–water partition coefficient (Wildman–Crippen LogP) is 0.600. The van der Waals surface area contributed by atoms with Gasteiger partial charge in [0.05, 0.1) is 6.61 Å². The minimum Gasteiger partial charge on any atom is -0.460 e. The zero-order valence-electron chi connectivity index (χ0n) is 13.4. The molecule has 0 aromatic heterocycles. The van der Waals surface area contributed by atoms with E-state index in [1.165, 1.54) is 0 Å². The molecule has 0 aliphatic carbocycles. The summed E-state index contributed by atoms with van der Waals surface area (Å²) in [4.78, 5) is 14.8. The molecule has 6 nitrogen and oxygen atoms in total. The first-order valence-electron chi connectivity index (χ1n) is 8.02. The average molecular weight is 400 g/mol. The van der Waals surface area contributed by atoms with Gasteiger partial charge < -0.3 is 19.7 Å². The van der Waals surface area contributed by atoms with Crippen molar-refractivity contribution in [1.82, 2.24) is 4.90 Å². The van der Waals surface area contributed by atoms with Gasteiger partial charge in [0.25, 0.3) is 0 Å². The molecule has 3 heterocycles. The number of hydrogen-bond acceptors (Lipinski definition) is 6. The first-order valence-corrected chi connectivity index (χ1v) is 8.02. The van der Waals surface area contributed by atoms with Crippen molar-refractivity contribution in [1.29, 1.82) is 0 Å². The van der Waals surface area contributed by atoms with Crippen LogP contribution in [0.2, 0.25) is 0 Å². The molecule has 4 rings (SSSR count). The molecule has 7 heteroatoms. The minimum atomic E-state index is -2.01. The summed E-state index contributed by atoms with van der Waals surface area (Å²) in [7, 11) is 2.08. The Morgan fingerprint density at radius 3 is 2.42 bits per heavy atom. The van der Waals surface area contributed by atoms with Crippen LogP contribution in [0.5, 0.6) is 0 Å². The first kappa shape index (κ1) is 17.8. The Morgan fingerprint density at radius 1 is 1.29 bits per heavy atom. The Hall–Kier alpha value is -0.990. The van der Waals surface area contributed by atoms with Crippen LogP contribution in [0.25, 0.3) is 0 Å². The second kappa shape index (κ2) is 6.38. The summed E-state index contributed by atoms with van der Waals surface area (Å²) in [6.07, 6.45) is 1.69. The van der Waals surface area contributed by atoms with E-state index in [4.69, 9.17) is 9.47 Å². The van der Waals surface area contributed by atoms with E-state index < -0.39 is 18.2 Å². The predicted molar refractivity (Wildman–Crippen MR) is 90.9 cm³/mol. The molecule has 2 N–H and O–H groups in total. The van der Waals surface area contributed by atoms with Crippen molar-refractivity contribution in [3.05, 3.63) is 35.9 Å². The molecule has 0 radical (unpaired) electrons. The number of morpholine rings is 1. The van der Waals surface area contributed by atoms with E-state index in [0.29, 0.717) is 18.4 Å². The highest BCUT2D eigenvalue weighted by Crippen LogP contribution is 2.48. The molecule has 24 heavy (non-hydrogen) atoms. The molecule has 0 amide bonds. The van der Waals surface area contributed by atoms with E-state index in [1.807, 2.05) is 0 Å². The average Bonchev–Trinajstić information content (AvgIpc) is 3.33. The third kappa shape index (κ3) is 2.68. The second-order valence-electron chi connectivity index (χ2n) is 6.75. The number of ether oxygens (including phenoxy) is 2. The fourth-order valence-electron chi connectivity index (χ4n) is 4.03. The van der Waals surface area contributed by atoms with Gasteiger partial charge in [-0.15, -0.1) is 17.0 Å². The van der Waals surface area contributed by atoms with Gasteiger partial charge in [0.1, 0.15) is 18.3 Å². The highest BCUT2D eigenvalue weighted by Gasteiger charge is 2.63. The molecule has 3 fully saturated rings. The van der Waals surface area contributed by atoms with E-state index in [-0.39, 0.29) is 47.4 Å². The van der Waals surface area contributed by atoms with E-state index in [9.17, 15) is 15.0 Å². The summed E-state index contributed by atoms with van der Waals surface area (Å²) in [6, 6.07) is 8.98. The smallest absolute Gasteiger partial charge is 0.345 e. The third-order valence-electron chi connectivity index (χ3n) is 5.47. The molecule has 1 aromatic rings. The standard InChI is InChI=1S/C17H21NO5.BrH/c1-18-12-7-11(8-13(18)15-14(12)23-15)22-16(20)17(21,9-19)10-5-3-2-4-6-10;/h2-6,11-15,19,21H,7-9H2,1H3;1H/t11?,12?,13?,14-,15+,17?;. The molecule has 3 aliphatic rings. The minimum absolute atomic E-state index is 0. The maximum atomic E-state index is 12.5. The Kier molecular flexibility index (Phi) is 4.74. The third-order valence-corrected chi connectivity index (χ3v) is 5.47. The molecule has 1 aromatic carbocycles. The first-order chi connectivity index (χ1) is 11.0. The lowest BCUT2D eigenvalue weighted by Crippen LogP contribution is -2.50. The maximum Gasteiger partial charge on any atom is 0.345 e. The van der Waals surface area contributed by atoms with Gasteiger partial charge in [-0.2, -0.15) is 0 Å². The van der Waals surface area contributed by atoms with Gasteiger partial charge in [0.2, 0.25) is 5.60 Å². The summed E-state index contributed by atoms with van der Waals surface area (Å²) in [5, 5.41) is 20.2. The van der Waals surface area contributed by atoms with Gasteiger partial charge in [-0.05, 0) is 12.6 Å². The number of fused-ring (bicyclic) bond motifs is 5. The fourth-order valence-corrected chi connectivity index (χ4v) is 4.03. The molecule has 6 atom stereocenters. The zero-order chi connectivity index (χ0) is 16.2. The van der Waals surface area contributed by atoms with Gasteiger partial charge in [0.15, 0.2) is 0 Å². The second-order valence-corrected chi connectivity index (χ2v) is 6.75. The van der Waals surface area contributed by atoms with Crippen LogP contribution >= 0.6 is 17.0 Å². The number of carbonyl (C=O) groups is 1. The Labute approximate surface area is 151 Å². The number of aliphatic hydroxyl groups excluding tert-OH is 1. The van der Waals surface area contributed by atoms with Crippen LogP contribution in [0.4, 0.5) is 0 Å². The van der Waals surface area contributed by atoms with Crippen molar-refractivity contribution < 1.29 is 24.5 Å². The summed E-state index contributed by atoms with van der Waals surface area (Å²) >= 11 is 0. The molecule has 0 saturated carbocycles. The maximum absolute atomic E-state index is 12.5. The van der Waals surface area contributed by atoms with Crippen LogP contribution in [0.15, 0.2) is 30.3 Å². The summed E-state index contributed by atoms with van der Waals surface area (Å²) in [5.74, 6) is -0.783. The van der Waals surface area contributed by atoms with Crippen molar-refractivity contribution in [2.24, 2.45) is 0 Å². The van der Waals surface area contributed by atoms with Crippen LogP contribution in [0.1, 0.15) is 18.4 Å². The SMILES string of the molecule is Br.CN1C2CC(OC(=O)C(O)(CO)c3ccccc3)CC1[C@@H]1O[C@H]21. The number of nitrogens with zero attached hydrogens (tertiary/aromatic N) is 1. The zero-order valence-corrected chi connectivity index (χ0v) is 15.1. The number of halogens is 1. The van der Waals surface area contributed by atoms with E-state index in [1.54, 1.807) is 30.3 Å². The van der Waals surface area contributed by atoms with Gasteiger partial charge in [-0.3, -0.25) is 4.90 Å². The molecule has 3 saturated heterocycles. The highest BCUT2D eigenvalue weighted by molar-refractivity contribution is 8.93. The number of piperidine rings is 1. The van der Waals surface area contributed by atoms with Gasteiger partial charge >= 0.3 is 5.97 Å². The number of hydrogen-bond donors (Lipinski definition) is 2. The Bertz CT molecular complexity index is 596. The van der Waals surface area contributed by atoms with E-state index in [0.717, 1.165) is 0 Å². The summed E-state index contributed by atoms with van der Waals surface area (Å²) < 4.78 is 11.2. The van der Waals surface area contributed by atoms with Crippen molar-refractivity contribution in [3.8, 4) is 0 Å². The van der Waals surface area contributed by atoms with Crippen molar-refractivity contribution in [2.45, 2.75) is 48.8 Å². The number of aliphatic hydroxyl groups is 2. The largest absolute Gasteiger partial charge is 0.460 e. The van der Waals surface area contributed by atoms with Crippen LogP contribution in [0.3, 0.4) is 0 Å². The monoisotopic (exact) mass is 399 g/mol. The Balaban J connectivity index is 0.00000169. The molecular weight excluding hydrogens is 378 g/mol. The number of esters is 1. The van der Waals surface area contributed by atoms with Gasteiger partial charge in [0, 0.05) is 24.9 Å². The lowest BCUT2D eigenvalue weighted by molar-refractivity contribution is -0.181. The molecule has 3 aliphatic heterocycles. The van der Waals surface area contributed by atoms with Crippen LogP contribution in [-0.2, 0) is 19.9 Å². The topological polar surface area (TPSA) is 82.5 Å². The van der Waals surface area contributed by atoms with E-state index in [2.05, 4.69) is 11.9 Å². The summed E-state index contributed by atoms with van der Waals surface area (Å²) in [6.45, 7) is -0.705. The number of rotatable bonds is 4. The summed E-state index contributed by atoms with van der Waals surface area (Å²) in [5.41, 5.74) is -1.67. The molecular formula is C17H22BrNO5. The van der Waals surface area contributed by atoms with Gasteiger partial charge in [-0.1, -0.05) is 30.3 Å². The van der Waals surface area contributed by atoms with Crippen LogP contribution in [-0.4, -0.2) is 65.1 Å². The number of epoxide rings is 1. The molecule has 132 valence electrons. The van der Waals surface area contributed by atoms with Crippen LogP contribution < -0.4 is 0 Å². The number of benzene rings is 1. The Morgan fingerprint density at radius 2 is 1.88 bits per heavy atom. The number of likely N-dealkylation sites (N-methyl/N-ethyl adjacent to an activating group) is 1. The van der Waals surface area contributed by atoms with Gasteiger partial charge in [-0.25, -0.2) is 4.79 Å². The van der Waals surface area contributed by atoms with Crippen LogP contribution in [0, 0.1) is 0 Å². The molecule has 0 spiro atoms. The lowest BCUT2D eigenvalue weighted by atomic mass is 9.94. The quantitative estimate of drug-likeness (QED) is 0.569. The van der Waals surface area contributed by atoms with E-state index >= 15 is 0 Å². The number of carbonyl (C=O) groups excluding carboxylic acids is 1.